The number of aryl methyl sites for hydroxylation is 1. The lowest BCUT2D eigenvalue weighted by molar-refractivity contribution is 0.0618. The zero-order chi connectivity index (χ0) is 12.6. The fourth-order valence-corrected chi connectivity index (χ4v) is 2.58. The summed E-state index contributed by atoms with van der Waals surface area (Å²) in [6, 6.07) is 0. The van der Waals surface area contributed by atoms with Crippen molar-refractivity contribution in [3.8, 4) is 0 Å². The van der Waals surface area contributed by atoms with E-state index in [-0.39, 0.29) is 5.91 Å². The number of nitrogen functional groups attached to an aromatic ring is 1. The van der Waals surface area contributed by atoms with Gasteiger partial charge in [-0.15, -0.1) is 0 Å². The zero-order valence-electron chi connectivity index (χ0n) is 10.7. The lowest BCUT2D eigenvalue weighted by atomic mass is 9.92. The van der Waals surface area contributed by atoms with Gasteiger partial charge in [0, 0.05) is 13.1 Å². The van der Waals surface area contributed by atoms with Crippen LogP contribution in [0.2, 0.25) is 0 Å². The van der Waals surface area contributed by atoms with Gasteiger partial charge in [0.1, 0.15) is 0 Å². The average molecular weight is 236 g/mol. The van der Waals surface area contributed by atoms with Crippen LogP contribution in [-0.2, 0) is 0 Å². The highest BCUT2D eigenvalue weighted by Crippen LogP contribution is 2.23. The molecule has 0 aliphatic carbocycles. The number of aromatic nitrogens is 2. The molecule has 2 unspecified atom stereocenters. The topological polar surface area (TPSA) is 75.0 Å². The first-order chi connectivity index (χ1) is 7.99. The Hall–Kier alpha value is -1.52. The molecule has 5 nitrogen and oxygen atoms in total. The number of H-pyrrole nitrogens is 1. The molecule has 0 radical (unpaired) electrons. The van der Waals surface area contributed by atoms with Gasteiger partial charge in [0.15, 0.2) is 5.69 Å². The van der Waals surface area contributed by atoms with Gasteiger partial charge in [-0.25, -0.2) is 0 Å². The van der Waals surface area contributed by atoms with Crippen molar-refractivity contribution in [2.24, 2.45) is 11.8 Å². The maximum Gasteiger partial charge on any atom is 0.276 e. The number of nitrogens with zero attached hydrogens (tertiary/aromatic N) is 2. The van der Waals surface area contributed by atoms with Crippen LogP contribution in [0.25, 0.3) is 0 Å². The van der Waals surface area contributed by atoms with Crippen LogP contribution in [0.3, 0.4) is 0 Å². The first-order valence-electron chi connectivity index (χ1n) is 6.08. The number of piperidine rings is 1. The first-order valence-corrected chi connectivity index (χ1v) is 6.08. The highest BCUT2D eigenvalue weighted by Gasteiger charge is 2.28. The van der Waals surface area contributed by atoms with E-state index in [4.69, 9.17) is 5.73 Å². The summed E-state index contributed by atoms with van der Waals surface area (Å²) in [5.74, 6) is 1.04. The molecule has 0 aromatic carbocycles. The summed E-state index contributed by atoms with van der Waals surface area (Å²) in [6.45, 7) is 7.77. The van der Waals surface area contributed by atoms with E-state index in [0.717, 1.165) is 18.8 Å². The molecule has 1 saturated heterocycles. The van der Waals surface area contributed by atoms with Gasteiger partial charge in [-0.05, 0) is 25.2 Å². The molecule has 0 saturated carbocycles. The molecule has 0 spiro atoms. The summed E-state index contributed by atoms with van der Waals surface area (Å²) in [6.07, 6.45) is 1.18. The van der Waals surface area contributed by atoms with Gasteiger partial charge in [-0.1, -0.05) is 13.8 Å². The second-order valence-electron chi connectivity index (χ2n) is 5.27. The maximum absolute atomic E-state index is 12.3. The van der Waals surface area contributed by atoms with Gasteiger partial charge < -0.3 is 10.6 Å². The SMILES string of the molecule is Cc1[nH]nc(C(=O)N2CC(C)CC(C)C2)c1N. The number of nitrogens with one attached hydrogen (secondary N) is 1. The van der Waals surface area contributed by atoms with Crippen LogP contribution in [0.4, 0.5) is 5.69 Å². The monoisotopic (exact) mass is 236 g/mol. The highest BCUT2D eigenvalue weighted by atomic mass is 16.2. The lowest BCUT2D eigenvalue weighted by Crippen LogP contribution is -2.42. The number of carbonyl (C=O) groups excluding carboxylic acids is 1. The van der Waals surface area contributed by atoms with Crippen LogP contribution in [0.1, 0.15) is 36.5 Å². The number of anilines is 1. The number of carbonyl (C=O) groups is 1. The molecule has 1 aromatic rings. The lowest BCUT2D eigenvalue weighted by Gasteiger charge is -2.34. The average Bonchev–Trinajstić information content (AvgIpc) is 2.57. The first kappa shape index (κ1) is 12.0. The van der Waals surface area contributed by atoms with Crippen molar-refractivity contribution in [1.82, 2.24) is 15.1 Å². The Labute approximate surface area is 101 Å². The van der Waals surface area contributed by atoms with Gasteiger partial charge in [0.25, 0.3) is 5.91 Å². The molecule has 2 rings (SSSR count). The predicted molar refractivity (Wildman–Crippen MR) is 66.6 cm³/mol. The van der Waals surface area contributed by atoms with Gasteiger partial charge in [-0.3, -0.25) is 9.89 Å². The standard InChI is InChI=1S/C12H20N4O/c1-7-4-8(2)6-16(5-7)12(17)11-10(13)9(3)14-15-11/h7-8H,4-6,13H2,1-3H3,(H,14,15). The van der Waals surface area contributed by atoms with E-state index < -0.39 is 0 Å². The molecule has 94 valence electrons. The molecule has 1 fully saturated rings. The molecule has 17 heavy (non-hydrogen) atoms. The van der Waals surface area contributed by atoms with Crippen LogP contribution in [0.5, 0.6) is 0 Å². The Balaban J connectivity index is 2.17. The smallest absolute Gasteiger partial charge is 0.276 e. The minimum atomic E-state index is -0.0507. The number of hydrogen-bond donors (Lipinski definition) is 2. The molecule has 2 heterocycles. The van der Waals surface area contributed by atoms with Crippen LogP contribution in [0.15, 0.2) is 0 Å². The molecule has 2 atom stereocenters. The Morgan fingerprint density at radius 1 is 1.41 bits per heavy atom. The van der Waals surface area contributed by atoms with Crippen LogP contribution < -0.4 is 5.73 Å². The van der Waals surface area contributed by atoms with Crippen molar-refractivity contribution in [2.75, 3.05) is 18.8 Å². The molecule has 1 aromatic heterocycles. The fourth-order valence-electron chi connectivity index (χ4n) is 2.58. The number of hydrogen-bond acceptors (Lipinski definition) is 3. The van der Waals surface area contributed by atoms with E-state index in [1.165, 1.54) is 6.42 Å². The number of aromatic amines is 1. The minimum Gasteiger partial charge on any atom is -0.395 e. The summed E-state index contributed by atoms with van der Waals surface area (Å²) >= 11 is 0. The zero-order valence-corrected chi connectivity index (χ0v) is 10.7. The summed E-state index contributed by atoms with van der Waals surface area (Å²) in [7, 11) is 0. The Bertz CT molecular complexity index is 416. The third-order valence-corrected chi connectivity index (χ3v) is 3.35. The summed E-state index contributed by atoms with van der Waals surface area (Å²) in [4.78, 5) is 14.2. The van der Waals surface area contributed by atoms with Gasteiger partial charge in [-0.2, -0.15) is 5.10 Å². The Morgan fingerprint density at radius 2 is 2.00 bits per heavy atom. The maximum atomic E-state index is 12.3. The molecule has 0 bridgehead atoms. The molecule has 1 aliphatic rings. The summed E-state index contributed by atoms with van der Waals surface area (Å²) < 4.78 is 0. The van der Waals surface area contributed by atoms with Crippen molar-refractivity contribution >= 4 is 11.6 Å². The van der Waals surface area contributed by atoms with Crippen molar-refractivity contribution in [2.45, 2.75) is 27.2 Å². The largest absolute Gasteiger partial charge is 0.395 e. The molecule has 1 amide bonds. The quantitative estimate of drug-likeness (QED) is 0.774. The van der Waals surface area contributed by atoms with Crippen molar-refractivity contribution in [3.05, 3.63) is 11.4 Å². The fraction of sp³-hybridized carbons (Fsp3) is 0.667. The van der Waals surface area contributed by atoms with Crippen LogP contribution >= 0.6 is 0 Å². The normalized spacial score (nSPS) is 25.0. The third kappa shape index (κ3) is 2.28. The second-order valence-corrected chi connectivity index (χ2v) is 5.27. The van der Waals surface area contributed by atoms with Gasteiger partial charge in [0.05, 0.1) is 11.4 Å². The summed E-state index contributed by atoms with van der Waals surface area (Å²) in [5.41, 5.74) is 7.43. The third-order valence-electron chi connectivity index (χ3n) is 3.35. The van der Waals surface area contributed by atoms with E-state index in [1.807, 2.05) is 11.8 Å². The molecular weight excluding hydrogens is 216 g/mol. The highest BCUT2D eigenvalue weighted by molar-refractivity contribution is 5.97. The van der Waals surface area contributed by atoms with Crippen LogP contribution in [-0.4, -0.2) is 34.1 Å². The number of likely N-dealkylation sites (tertiary alicyclic amines) is 1. The molecule has 5 heteroatoms. The van der Waals surface area contributed by atoms with E-state index >= 15 is 0 Å². The predicted octanol–water partition coefficient (Wildman–Crippen LogP) is 1.42. The molecule has 3 N–H and O–H groups in total. The van der Waals surface area contributed by atoms with Crippen molar-refractivity contribution < 1.29 is 4.79 Å². The Kier molecular flexibility index (Phi) is 3.09. The summed E-state index contributed by atoms with van der Waals surface area (Å²) in [5, 5.41) is 6.76. The second kappa shape index (κ2) is 4.39. The number of amides is 1. The van der Waals surface area contributed by atoms with Crippen molar-refractivity contribution in [1.29, 1.82) is 0 Å². The van der Waals surface area contributed by atoms with Crippen LogP contribution in [0, 0.1) is 18.8 Å². The van der Waals surface area contributed by atoms with E-state index in [1.54, 1.807) is 0 Å². The van der Waals surface area contributed by atoms with Gasteiger partial charge >= 0.3 is 0 Å². The number of rotatable bonds is 1. The Morgan fingerprint density at radius 3 is 2.47 bits per heavy atom. The molecular formula is C12H20N4O. The number of nitrogens with two attached hydrogens (primary N) is 1. The van der Waals surface area contributed by atoms with Gasteiger partial charge in [0.2, 0.25) is 0 Å². The van der Waals surface area contributed by atoms with E-state index in [0.29, 0.717) is 23.2 Å². The van der Waals surface area contributed by atoms with Crippen molar-refractivity contribution in [3.63, 3.8) is 0 Å². The van der Waals surface area contributed by atoms with E-state index in [9.17, 15) is 4.79 Å². The minimum absolute atomic E-state index is 0.0507. The molecule has 1 aliphatic heterocycles. The van der Waals surface area contributed by atoms with E-state index in [2.05, 4.69) is 24.0 Å².